The number of rotatable bonds is 1. The van der Waals surface area contributed by atoms with Crippen LogP contribution in [0.5, 0.6) is 0 Å². The van der Waals surface area contributed by atoms with Gasteiger partial charge in [0.25, 0.3) is 0 Å². The lowest BCUT2D eigenvalue weighted by Gasteiger charge is -2.20. The molecule has 0 fully saturated rings. The highest BCUT2D eigenvalue weighted by Crippen LogP contribution is 2.27. The number of aromatic nitrogens is 1. The van der Waals surface area contributed by atoms with Crippen LogP contribution in [0.25, 0.3) is 0 Å². The Bertz CT molecular complexity index is 640. The number of cyclic esters (lactones) is 2. The van der Waals surface area contributed by atoms with Gasteiger partial charge in [0.05, 0.1) is 5.56 Å². The second-order valence-electron chi connectivity index (χ2n) is 4.36. The fraction of sp³-hybridized carbons (Fsp3) is 0.125. The van der Waals surface area contributed by atoms with Crippen LogP contribution in [-0.4, -0.2) is 22.7 Å². The van der Waals surface area contributed by atoms with Gasteiger partial charge in [-0.3, -0.25) is 14.6 Å². The van der Waals surface area contributed by atoms with Crippen molar-refractivity contribution < 1.29 is 19.1 Å². The summed E-state index contributed by atoms with van der Waals surface area (Å²) in [6, 6.07) is 12.2. The molecule has 5 heteroatoms. The molecule has 0 bridgehead atoms. The van der Waals surface area contributed by atoms with Crippen LogP contribution in [0.3, 0.4) is 0 Å². The van der Waals surface area contributed by atoms with E-state index in [1.165, 1.54) is 6.92 Å². The molecule has 1 aliphatic rings. The Morgan fingerprint density at radius 3 is 2.24 bits per heavy atom. The molecule has 1 aliphatic heterocycles. The normalized spacial score (nSPS) is 16.1. The lowest BCUT2D eigenvalue weighted by Crippen LogP contribution is -2.31. The Labute approximate surface area is 121 Å². The molecule has 0 aliphatic carbocycles. The quantitative estimate of drug-likeness (QED) is 0.592. The van der Waals surface area contributed by atoms with Gasteiger partial charge in [-0.05, 0) is 30.7 Å². The molecule has 3 rings (SSSR count). The minimum atomic E-state index is -0.959. The van der Waals surface area contributed by atoms with Crippen LogP contribution in [-0.2, 0) is 14.3 Å². The molecule has 0 saturated heterocycles. The van der Waals surface area contributed by atoms with Crippen molar-refractivity contribution in [3.63, 3.8) is 0 Å². The summed E-state index contributed by atoms with van der Waals surface area (Å²) in [5, 5.41) is 0. The zero-order chi connectivity index (χ0) is 15.2. The molecule has 0 N–H and O–H groups in total. The van der Waals surface area contributed by atoms with Gasteiger partial charge in [0, 0.05) is 12.4 Å². The SMILES string of the molecule is CC(=O)C1C(=O)OC(=O)c2ccccc21.c1ccncc1. The molecule has 0 amide bonds. The zero-order valence-electron chi connectivity index (χ0n) is 11.4. The van der Waals surface area contributed by atoms with Gasteiger partial charge in [-0.2, -0.15) is 0 Å². The van der Waals surface area contributed by atoms with Gasteiger partial charge in [0.15, 0.2) is 0 Å². The molecular formula is C16H13NO4. The highest BCUT2D eigenvalue weighted by atomic mass is 16.6. The molecule has 106 valence electrons. The second-order valence-corrected chi connectivity index (χ2v) is 4.36. The van der Waals surface area contributed by atoms with Crippen LogP contribution >= 0.6 is 0 Å². The van der Waals surface area contributed by atoms with Gasteiger partial charge < -0.3 is 4.74 Å². The van der Waals surface area contributed by atoms with E-state index in [4.69, 9.17) is 0 Å². The monoisotopic (exact) mass is 283 g/mol. The molecular weight excluding hydrogens is 270 g/mol. The summed E-state index contributed by atoms with van der Waals surface area (Å²) < 4.78 is 4.49. The molecule has 2 aromatic rings. The van der Waals surface area contributed by atoms with Crippen LogP contribution in [0.2, 0.25) is 0 Å². The Balaban J connectivity index is 0.000000225. The van der Waals surface area contributed by atoms with Crippen molar-refractivity contribution in [1.82, 2.24) is 4.98 Å². The minimum absolute atomic E-state index is 0.289. The van der Waals surface area contributed by atoms with Crippen LogP contribution in [0.15, 0.2) is 54.9 Å². The third kappa shape index (κ3) is 3.39. The van der Waals surface area contributed by atoms with Crippen LogP contribution < -0.4 is 0 Å². The lowest BCUT2D eigenvalue weighted by molar-refractivity contribution is -0.143. The number of ketones is 1. The number of fused-ring (bicyclic) bond motifs is 1. The highest BCUT2D eigenvalue weighted by molar-refractivity contribution is 6.13. The molecule has 0 saturated carbocycles. The average Bonchev–Trinajstić information content (AvgIpc) is 2.49. The summed E-state index contributed by atoms with van der Waals surface area (Å²) in [5.41, 5.74) is 0.726. The van der Waals surface area contributed by atoms with Gasteiger partial charge in [0.1, 0.15) is 11.7 Å². The second kappa shape index (κ2) is 6.56. The van der Waals surface area contributed by atoms with E-state index in [1.54, 1.807) is 36.7 Å². The van der Waals surface area contributed by atoms with Crippen molar-refractivity contribution in [2.24, 2.45) is 0 Å². The number of carbonyl (C=O) groups is 3. The van der Waals surface area contributed by atoms with Crippen LogP contribution in [0.4, 0.5) is 0 Å². The first-order chi connectivity index (χ1) is 10.1. The predicted octanol–water partition coefficient (Wildman–Crippen LogP) is 2.14. The summed E-state index contributed by atoms with van der Waals surface area (Å²) in [4.78, 5) is 37.7. The number of hydrogen-bond donors (Lipinski definition) is 0. The van der Waals surface area contributed by atoms with E-state index in [0.29, 0.717) is 5.56 Å². The summed E-state index contributed by atoms with van der Waals surface area (Å²) >= 11 is 0. The summed E-state index contributed by atoms with van der Waals surface area (Å²) in [7, 11) is 0. The largest absolute Gasteiger partial charge is 0.389 e. The molecule has 1 aromatic carbocycles. The average molecular weight is 283 g/mol. The number of hydrogen-bond acceptors (Lipinski definition) is 5. The smallest absolute Gasteiger partial charge is 0.346 e. The fourth-order valence-corrected chi connectivity index (χ4v) is 1.96. The first kappa shape index (κ1) is 14.6. The number of Topliss-reactive ketones (excluding diaryl/α,β-unsaturated/α-hetero) is 1. The van der Waals surface area contributed by atoms with E-state index in [0.717, 1.165) is 0 Å². The number of ether oxygens (including phenoxy) is 1. The maximum absolute atomic E-state index is 11.3. The van der Waals surface area contributed by atoms with Gasteiger partial charge in [-0.1, -0.05) is 24.3 Å². The molecule has 1 atom stereocenters. The number of esters is 2. The molecule has 5 nitrogen and oxygen atoms in total. The van der Waals surface area contributed by atoms with Gasteiger partial charge in [-0.15, -0.1) is 0 Å². The third-order valence-electron chi connectivity index (χ3n) is 2.89. The van der Waals surface area contributed by atoms with E-state index in [1.807, 2.05) is 18.2 Å². The van der Waals surface area contributed by atoms with Gasteiger partial charge in [0.2, 0.25) is 0 Å². The van der Waals surface area contributed by atoms with Crippen LogP contribution in [0.1, 0.15) is 28.8 Å². The van der Waals surface area contributed by atoms with Crippen molar-refractivity contribution >= 4 is 17.7 Å². The van der Waals surface area contributed by atoms with E-state index >= 15 is 0 Å². The standard InChI is InChI=1S/C11H8O4.C5H5N/c1-6(12)9-7-4-2-3-5-8(7)10(13)15-11(9)14;1-2-4-6-5-3-1/h2-5,9H,1H3;1-5H. The molecule has 2 heterocycles. The maximum Gasteiger partial charge on any atom is 0.346 e. The maximum atomic E-state index is 11.3. The summed E-state index contributed by atoms with van der Waals surface area (Å²) in [6.07, 6.45) is 3.50. The van der Waals surface area contributed by atoms with Gasteiger partial charge in [-0.25, -0.2) is 4.79 Å². The number of nitrogens with zero attached hydrogens (tertiary/aromatic N) is 1. The van der Waals surface area contributed by atoms with Crippen molar-refractivity contribution in [2.75, 3.05) is 0 Å². The summed E-state index contributed by atoms with van der Waals surface area (Å²) in [5.74, 6) is -2.75. The molecule has 1 aromatic heterocycles. The minimum Gasteiger partial charge on any atom is -0.389 e. The predicted molar refractivity (Wildman–Crippen MR) is 74.5 cm³/mol. The Hall–Kier alpha value is -2.82. The Morgan fingerprint density at radius 1 is 1.05 bits per heavy atom. The Kier molecular flexibility index (Phi) is 4.56. The van der Waals surface area contributed by atoms with E-state index < -0.39 is 17.9 Å². The third-order valence-corrected chi connectivity index (χ3v) is 2.89. The lowest BCUT2D eigenvalue weighted by atomic mass is 9.89. The van der Waals surface area contributed by atoms with Crippen LogP contribution in [0, 0.1) is 0 Å². The van der Waals surface area contributed by atoms with Gasteiger partial charge >= 0.3 is 11.9 Å². The molecule has 0 radical (unpaired) electrons. The van der Waals surface area contributed by atoms with E-state index in [-0.39, 0.29) is 11.3 Å². The first-order valence-electron chi connectivity index (χ1n) is 6.31. The van der Waals surface area contributed by atoms with Crippen molar-refractivity contribution in [3.05, 3.63) is 66.0 Å². The van der Waals surface area contributed by atoms with Crippen molar-refractivity contribution in [2.45, 2.75) is 12.8 Å². The van der Waals surface area contributed by atoms with Crippen molar-refractivity contribution in [1.29, 1.82) is 0 Å². The Morgan fingerprint density at radius 2 is 1.71 bits per heavy atom. The number of carbonyl (C=O) groups excluding carboxylic acids is 3. The van der Waals surface area contributed by atoms with E-state index in [9.17, 15) is 14.4 Å². The number of pyridine rings is 1. The zero-order valence-corrected chi connectivity index (χ0v) is 11.4. The van der Waals surface area contributed by atoms with E-state index in [2.05, 4.69) is 9.72 Å². The molecule has 0 spiro atoms. The first-order valence-corrected chi connectivity index (χ1v) is 6.31. The molecule has 21 heavy (non-hydrogen) atoms. The number of benzene rings is 1. The molecule has 1 unspecified atom stereocenters. The van der Waals surface area contributed by atoms with Crippen molar-refractivity contribution in [3.8, 4) is 0 Å². The topological polar surface area (TPSA) is 73.3 Å². The highest BCUT2D eigenvalue weighted by Gasteiger charge is 2.37. The summed E-state index contributed by atoms with van der Waals surface area (Å²) in [6.45, 7) is 1.30. The fourth-order valence-electron chi connectivity index (χ4n) is 1.96.